The third kappa shape index (κ3) is 2.90. The Morgan fingerprint density at radius 3 is 2.30 bits per heavy atom. The molecule has 1 saturated heterocycles. The van der Waals surface area contributed by atoms with Gasteiger partial charge in [0.25, 0.3) is 0 Å². The van der Waals surface area contributed by atoms with Gasteiger partial charge in [-0.05, 0) is 34.0 Å². The Hall–Kier alpha value is -0.900. The van der Waals surface area contributed by atoms with Crippen LogP contribution in [0.3, 0.4) is 0 Å². The van der Waals surface area contributed by atoms with Crippen LogP contribution in [0.1, 0.15) is 32.6 Å². The molecule has 1 aliphatic heterocycles. The summed E-state index contributed by atoms with van der Waals surface area (Å²) in [5.41, 5.74) is 6.25. The first-order valence-electron chi connectivity index (χ1n) is 6.50. The first-order chi connectivity index (χ1) is 9.19. The van der Waals surface area contributed by atoms with E-state index in [-0.39, 0.29) is 11.2 Å². The molecule has 0 spiro atoms. The van der Waals surface area contributed by atoms with Crippen LogP contribution >= 0.6 is 23.1 Å². The molecule has 0 aliphatic carbocycles. The quantitative estimate of drug-likeness (QED) is 0.849. The highest BCUT2D eigenvalue weighted by Crippen LogP contribution is 2.45. The van der Waals surface area contributed by atoms with E-state index < -0.39 is 0 Å². The maximum Gasteiger partial charge on any atom is 0.131 e. The molecule has 20 heavy (non-hydrogen) atoms. The van der Waals surface area contributed by atoms with Gasteiger partial charge in [-0.3, -0.25) is 0 Å². The first-order valence-corrected chi connectivity index (χ1v) is 8.55. The molecule has 1 aliphatic rings. The molecule has 4 nitrogen and oxygen atoms in total. The van der Waals surface area contributed by atoms with Crippen LogP contribution in [0, 0.1) is 11.3 Å². The normalized spacial score (nSPS) is 20.7. The number of nitrogens with zero attached hydrogens (tertiary/aromatic N) is 2. The SMILES string of the molecule is CSc1c(N2CC(C)(C)OC(C)(C)C2)sc(C#N)c1N. The third-order valence-corrected chi connectivity index (χ3v) is 5.29. The number of nitrogens with two attached hydrogens (primary N) is 1. The summed E-state index contributed by atoms with van der Waals surface area (Å²) in [5.74, 6) is 0. The average Bonchev–Trinajstić information content (AvgIpc) is 2.61. The van der Waals surface area contributed by atoms with Crippen LogP contribution in [0.5, 0.6) is 0 Å². The molecule has 2 N–H and O–H groups in total. The zero-order valence-electron chi connectivity index (χ0n) is 12.6. The van der Waals surface area contributed by atoms with Gasteiger partial charge in [-0.15, -0.1) is 23.1 Å². The topological polar surface area (TPSA) is 62.3 Å². The van der Waals surface area contributed by atoms with E-state index in [4.69, 9.17) is 10.5 Å². The maximum absolute atomic E-state index is 9.18. The van der Waals surface area contributed by atoms with Crippen molar-refractivity contribution in [3.8, 4) is 6.07 Å². The highest BCUT2D eigenvalue weighted by atomic mass is 32.2. The lowest BCUT2D eigenvalue weighted by Crippen LogP contribution is -2.57. The van der Waals surface area contributed by atoms with Crippen molar-refractivity contribution in [1.82, 2.24) is 0 Å². The summed E-state index contributed by atoms with van der Waals surface area (Å²) in [5, 5.41) is 10.3. The van der Waals surface area contributed by atoms with Gasteiger partial charge < -0.3 is 15.4 Å². The summed E-state index contributed by atoms with van der Waals surface area (Å²) < 4.78 is 6.11. The van der Waals surface area contributed by atoms with Crippen molar-refractivity contribution in [2.45, 2.75) is 43.8 Å². The molecule has 0 unspecified atom stereocenters. The van der Waals surface area contributed by atoms with E-state index in [1.807, 2.05) is 6.26 Å². The number of nitrogen functional groups attached to an aromatic ring is 1. The molecule has 0 bridgehead atoms. The Kier molecular flexibility index (Phi) is 3.98. The van der Waals surface area contributed by atoms with E-state index in [2.05, 4.69) is 38.7 Å². The molecular weight excluding hydrogens is 290 g/mol. The average molecular weight is 311 g/mol. The van der Waals surface area contributed by atoms with Gasteiger partial charge in [-0.2, -0.15) is 5.26 Å². The molecule has 0 aromatic carbocycles. The zero-order chi connectivity index (χ0) is 15.1. The number of ether oxygens (including phenoxy) is 1. The van der Waals surface area contributed by atoms with Gasteiger partial charge in [-0.25, -0.2) is 0 Å². The molecule has 0 saturated carbocycles. The van der Waals surface area contributed by atoms with Crippen LogP contribution in [0.15, 0.2) is 4.90 Å². The molecule has 1 fully saturated rings. The molecule has 0 atom stereocenters. The maximum atomic E-state index is 9.18. The highest BCUT2D eigenvalue weighted by Gasteiger charge is 2.39. The minimum atomic E-state index is -0.219. The second-order valence-corrected chi connectivity index (χ2v) is 8.09. The number of rotatable bonds is 2. The number of thioether (sulfide) groups is 1. The van der Waals surface area contributed by atoms with Crippen LogP contribution in [-0.2, 0) is 4.74 Å². The van der Waals surface area contributed by atoms with Crippen LogP contribution < -0.4 is 10.6 Å². The Morgan fingerprint density at radius 1 is 1.30 bits per heavy atom. The Balaban J connectivity index is 2.43. The molecule has 2 heterocycles. The van der Waals surface area contributed by atoms with Gasteiger partial charge in [0.15, 0.2) is 0 Å². The fourth-order valence-corrected chi connectivity index (χ4v) is 4.81. The van der Waals surface area contributed by atoms with Crippen molar-refractivity contribution < 1.29 is 4.74 Å². The number of anilines is 2. The van der Waals surface area contributed by atoms with E-state index in [0.717, 1.165) is 23.0 Å². The molecule has 110 valence electrons. The summed E-state index contributed by atoms with van der Waals surface area (Å²) in [6.07, 6.45) is 2.00. The summed E-state index contributed by atoms with van der Waals surface area (Å²) in [6.45, 7) is 10.00. The fourth-order valence-electron chi connectivity index (χ4n) is 2.84. The summed E-state index contributed by atoms with van der Waals surface area (Å²) in [6, 6.07) is 2.19. The van der Waals surface area contributed by atoms with E-state index >= 15 is 0 Å². The van der Waals surface area contributed by atoms with Crippen LogP contribution in [0.2, 0.25) is 0 Å². The Bertz CT molecular complexity index is 542. The van der Waals surface area contributed by atoms with Crippen LogP contribution in [0.4, 0.5) is 10.7 Å². The van der Waals surface area contributed by atoms with E-state index in [1.165, 1.54) is 11.3 Å². The lowest BCUT2D eigenvalue weighted by molar-refractivity contribution is -0.133. The number of hydrogen-bond acceptors (Lipinski definition) is 6. The number of morpholine rings is 1. The predicted molar refractivity (Wildman–Crippen MR) is 86.7 cm³/mol. The molecule has 0 amide bonds. The van der Waals surface area contributed by atoms with Gasteiger partial charge in [-0.1, -0.05) is 0 Å². The van der Waals surface area contributed by atoms with E-state index in [9.17, 15) is 5.26 Å². The standard InChI is InChI=1S/C14H21N3OS2/c1-13(2)7-17(8-14(3,4)18-13)12-11(19-5)10(16)9(6-15)20-12/h7-8,16H2,1-5H3. The first kappa shape index (κ1) is 15.5. The van der Waals surface area contributed by atoms with Crippen molar-refractivity contribution in [1.29, 1.82) is 5.26 Å². The van der Waals surface area contributed by atoms with Crippen molar-refractivity contribution in [3.05, 3.63) is 4.88 Å². The summed E-state index contributed by atoms with van der Waals surface area (Å²) in [7, 11) is 0. The third-order valence-electron chi connectivity index (χ3n) is 3.17. The van der Waals surface area contributed by atoms with Crippen molar-refractivity contribution in [3.63, 3.8) is 0 Å². The lowest BCUT2D eigenvalue weighted by atomic mass is 9.99. The number of thiophene rings is 1. The largest absolute Gasteiger partial charge is 0.396 e. The zero-order valence-corrected chi connectivity index (χ0v) is 14.2. The Labute approximate surface area is 128 Å². The van der Waals surface area contributed by atoms with Crippen LogP contribution in [0.25, 0.3) is 0 Å². The second-order valence-electron chi connectivity index (χ2n) is 6.27. The van der Waals surface area contributed by atoms with Gasteiger partial charge in [0.1, 0.15) is 15.9 Å². The molecule has 0 radical (unpaired) electrons. The number of nitriles is 1. The van der Waals surface area contributed by atoms with Gasteiger partial charge in [0.05, 0.1) is 21.8 Å². The molecular formula is C14H21N3OS2. The lowest BCUT2D eigenvalue weighted by Gasteiger charge is -2.47. The van der Waals surface area contributed by atoms with Crippen LogP contribution in [-0.4, -0.2) is 30.5 Å². The van der Waals surface area contributed by atoms with Gasteiger partial charge in [0, 0.05) is 13.1 Å². The molecule has 2 rings (SSSR count). The number of hydrogen-bond donors (Lipinski definition) is 1. The van der Waals surface area contributed by atoms with Crippen molar-refractivity contribution in [2.75, 3.05) is 30.0 Å². The predicted octanol–water partition coefficient (Wildman–Crippen LogP) is 3.32. The monoisotopic (exact) mass is 311 g/mol. The minimum Gasteiger partial charge on any atom is -0.396 e. The van der Waals surface area contributed by atoms with Crippen molar-refractivity contribution in [2.24, 2.45) is 0 Å². The fraction of sp³-hybridized carbons (Fsp3) is 0.643. The minimum absolute atomic E-state index is 0.219. The molecule has 1 aromatic rings. The smallest absolute Gasteiger partial charge is 0.131 e. The van der Waals surface area contributed by atoms with Crippen molar-refractivity contribution >= 4 is 33.8 Å². The van der Waals surface area contributed by atoms with Gasteiger partial charge in [0.2, 0.25) is 0 Å². The summed E-state index contributed by atoms with van der Waals surface area (Å²) >= 11 is 3.09. The van der Waals surface area contributed by atoms with E-state index in [1.54, 1.807) is 11.8 Å². The highest BCUT2D eigenvalue weighted by molar-refractivity contribution is 7.99. The summed E-state index contributed by atoms with van der Waals surface area (Å²) in [4.78, 5) is 3.92. The van der Waals surface area contributed by atoms with Gasteiger partial charge >= 0.3 is 0 Å². The molecule has 1 aromatic heterocycles. The second kappa shape index (κ2) is 5.14. The Morgan fingerprint density at radius 2 is 1.85 bits per heavy atom. The van der Waals surface area contributed by atoms with E-state index in [0.29, 0.717) is 10.6 Å². The molecule has 6 heteroatoms.